The van der Waals surface area contributed by atoms with Crippen molar-refractivity contribution in [3.63, 3.8) is 0 Å². The van der Waals surface area contributed by atoms with Gasteiger partial charge in [-0.1, -0.05) is 0 Å². The summed E-state index contributed by atoms with van der Waals surface area (Å²) in [7, 11) is 3.12. The summed E-state index contributed by atoms with van der Waals surface area (Å²) in [5.74, 6) is 0.967. The second-order valence-corrected chi connectivity index (χ2v) is 5.38. The number of carbonyl (C=O) groups excluding carboxylic acids is 1. The number of nitrogens with zero attached hydrogens (tertiary/aromatic N) is 1. The first-order chi connectivity index (χ1) is 9.55. The summed E-state index contributed by atoms with van der Waals surface area (Å²) in [5.41, 5.74) is 1.43. The number of nitrogens with one attached hydrogen (secondary N) is 1. The molecular formula is C14H16N2O3S. The fraction of sp³-hybridized carbons (Fsp3) is 0.286. The SMILES string of the molecule is COc1ccc(OC)c(NC(=O)c2nc(C)c(C)s2)c1. The number of aromatic nitrogens is 1. The molecule has 0 atom stereocenters. The van der Waals surface area contributed by atoms with Crippen molar-refractivity contribution in [3.05, 3.63) is 33.8 Å². The topological polar surface area (TPSA) is 60.5 Å². The van der Waals surface area contributed by atoms with Gasteiger partial charge in [0.25, 0.3) is 5.91 Å². The molecular weight excluding hydrogens is 276 g/mol. The summed E-state index contributed by atoms with van der Waals surface area (Å²) in [5, 5.41) is 3.23. The van der Waals surface area contributed by atoms with E-state index in [0.717, 1.165) is 10.6 Å². The number of methoxy groups -OCH3 is 2. The summed E-state index contributed by atoms with van der Waals surface area (Å²) in [6.07, 6.45) is 0. The Kier molecular flexibility index (Phi) is 4.24. The lowest BCUT2D eigenvalue weighted by atomic mass is 10.2. The second kappa shape index (κ2) is 5.92. The lowest BCUT2D eigenvalue weighted by Gasteiger charge is -2.10. The van der Waals surface area contributed by atoms with Crippen LogP contribution < -0.4 is 14.8 Å². The zero-order chi connectivity index (χ0) is 14.7. The van der Waals surface area contributed by atoms with Crippen molar-refractivity contribution < 1.29 is 14.3 Å². The van der Waals surface area contributed by atoms with Crippen LogP contribution in [0.3, 0.4) is 0 Å². The van der Waals surface area contributed by atoms with Crippen LogP contribution >= 0.6 is 11.3 Å². The number of aryl methyl sites for hydroxylation is 2. The molecule has 1 amide bonds. The summed E-state index contributed by atoms with van der Waals surface area (Å²) in [6.45, 7) is 3.82. The highest BCUT2D eigenvalue weighted by atomic mass is 32.1. The number of hydrogen-bond acceptors (Lipinski definition) is 5. The molecule has 0 aliphatic carbocycles. The Morgan fingerprint density at radius 3 is 2.55 bits per heavy atom. The molecule has 0 saturated heterocycles. The van der Waals surface area contributed by atoms with Gasteiger partial charge in [-0.05, 0) is 26.0 Å². The highest BCUT2D eigenvalue weighted by Crippen LogP contribution is 2.29. The maximum absolute atomic E-state index is 12.2. The number of anilines is 1. The Bertz CT molecular complexity index is 618. The molecule has 106 valence electrons. The summed E-state index contributed by atoms with van der Waals surface area (Å²) in [6, 6.07) is 5.23. The number of benzene rings is 1. The van der Waals surface area contributed by atoms with E-state index < -0.39 is 0 Å². The summed E-state index contributed by atoms with van der Waals surface area (Å²) in [4.78, 5) is 17.5. The van der Waals surface area contributed by atoms with Gasteiger partial charge in [-0.3, -0.25) is 4.79 Å². The molecule has 1 aromatic carbocycles. The van der Waals surface area contributed by atoms with E-state index in [-0.39, 0.29) is 5.91 Å². The van der Waals surface area contributed by atoms with Gasteiger partial charge in [0.2, 0.25) is 0 Å². The Morgan fingerprint density at radius 2 is 2.00 bits per heavy atom. The Labute approximate surface area is 121 Å². The van der Waals surface area contributed by atoms with Crippen LogP contribution in [0.5, 0.6) is 11.5 Å². The van der Waals surface area contributed by atoms with Crippen molar-refractivity contribution in [2.24, 2.45) is 0 Å². The minimum Gasteiger partial charge on any atom is -0.497 e. The Hall–Kier alpha value is -2.08. The predicted octanol–water partition coefficient (Wildman–Crippen LogP) is 3.03. The average molecular weight is 292 g/mol. The molecule has 0 aliphatic rings. The summed E-state index contributed by atoms with van der Waals surface area (Å²) >= 11 is 1.37. The number of thiazole rings is 1. The smallest absolute Gasteiger partial charge is 0.284 e. The number of rotatable bonds is 4. The standard InChI is InChI=1S/C14H16N2O3S/c1-8-9(2)20-14(15-8)13(17)16-11-7-10(18-3)5-6-12(11)19-4/h5-7H,1-4H3,(H,16,17). The van der Waals surface area contributed by atoms with Gasteiger partial charge in [-0.25, -0.2) is 4.98 Å². The zero-order valence-electron chi connectivity index (χ0n) is 11.8. The molecule has 6 heteroatoms. The van der Waals surface area contributed by atoms with Crippen molar-refractivity contribution in [1.29, 1.82) is 0 Å². The number of carbonyl (C=O) groups is 1. The van der Waals surface area contributed by atoms with Gasteiger partial charge in [0, 0.05) is 10.9 Å². The van der Waals surface area contributed by atoms with Crippen LogP contribution in [0.4, 0.5) is 5.69 Å². The van der Waals surface area contributed by atoms with Crippen LogP contribution in [-0.2, 0) is 0 Å². The molecule has 5 nitrogen and oxygen atoms in total. The van der Waals surface area contributed by atoms with Gasteiger partial charge in [0.1, 0.15) is 11.5 Å². The van der Waals surface area contributed by atoms with E-state index in [9.17, 15) is 4.79 Å². The van der Waals surface area contributed by atoms with Crippen LogP contribution in [-0.4, -0.2) is 25.1 Å². The number of hydrogen-bond donors (Lipinski definition) is 1. The lowest BCUT2D eigenvalue weighted by molar-refractivity contribution is 0.102. The maximum Gasteiger partial charge on any atom is 0.284 e. The first-order valence-corrected chi connectivity index (χ1v) is 6.84. The molecule has 1 N–H and O–H groups in total. The van der Waals surface area contributed by atoms with E-state index in [1.165, 1.54) is 11.3 Å². The van der Waals surface area contributed by atoms with Crippen molar-refractivity contribution in [2.45, 2.75) is 13.8 Å². The molecule has 2 rings (SSSR count). The van der Waals surface area contributed by atoms with Gasteiger partial charge in [0.05, 0.1) is 25.6 Å². The number of ether oxygens (including phenoxy) is 2. The highest BCUT2D eigenvalue weighted by molar-refractivity contribution is 7.13. The zero-order valence-corrected chi connectivity index (χ0v) is 12.6. The van der Waals surface area contributed by atoms with E-state index in [4.69, 9.17) is 9.47 Å². The molecule has 0 unspecified atom stereocenters. The molecule has 2 aromatic rings. The lowest BCUT2D eigenvalue weighted by Crippen LogP contribution is -2.12. The van der Waals surface area contributed by atoms with Gasteiger partial charge >= 0.3 is 0 Å². The van der Waals surface area contributed by atoms with Gasteiger partial charge in [-0.2, -0.15) is 0 Å². The molecule has 0 aliphatic heterocycles. The molecule has 20 heavy (non-hydrogen) atoms. The first kappa shape index (κ1) is 14.3. The van der Waals surface area contributed by atoms with Crippen LogP contribution in [0, 0.1) is 13.8 Å². The number of amides is 1. The van der Waals surface area contributed by atoms with Gasteiger partial charge in [0.15, 0.2) is 5.01 Å². The second-order valence-electron chi connectivity index (χ2n) is 4.18. The van der Waals surface area contributed by atoms with E-state index in [0.29, 0.717) is 22.2 Å². The van der Waals surface area contributed by atoms with E-state index in [1.54, 1.807) is 32.4 Å². The minimum absolute atomic E-state index is 0.252. The third kappa shape index (κ3) is 2.91. The van der Waals surface area contributed by atoms with Crippen LogP contribution in [0.1, 0.15) is 20.4 Å². The fourth-order valence-electron chi connectivity index (χ4n) is 1.66. The molecule has 0 bridgehead atoms. The first-order valence-electron chi connectivity index (χ1n) is 6.02. The quantitative estimate of drug-likeness (QED) is 0.941. The molecule has 0 saturated carbocycles. The summed E-state index contributed by atoms with van der Waals surface area (Å²) < 4.78 is 10.4. The molecule has 0 spiro atoms. The molecule has 1 heterocycles. The van der Waals surface area contributed by atoms with Crippen molar-refractivity contribution >= 4 is 22.9 Å². The normalized spacial score (nSPS) is 10.2. The Morgan fingerprint density at radius 1 is 1.25 bits per heavy atom. The van der Waals surface area contributed by atoms with E-state index >= 15 is 0 Å². The van der Waals surface area contributed by atoms with Gasteiger partial charge in [-0.15, -0.1) is 11.3 Å². The van der Waals surface area contributed by atoms with E-state index in [1.807, 2.05) is 13.8 Å². The molecule has 0 radical (unpaired) electrons. The average Bonchev–Trinajstić information content (AvgIpc) is 2.78. The van der Waals surface area contributed by atoms with Crippen molar-refractivity contribution in [1.82, 2.24) is 4.98 Å². The van der Waals surface area contributed by atoms with Crippen LogP contribution in [0.15, 0.2) is 18.2 Å². The Balaban J connectivity index is 2.26. The van der Waals surface area contributed by atoms with Crippen molar-refractivity contribution in [2.75, 3.05) is 19.5 Å². The third-order valence-corrected chi connectivity index (χ3v) is 3.95. The van der Waals surface area contributed by atoms with Crippen LogP contribution in [0.2, 0.25) is 0 Å². The highest BCUT2D eigenvalue weighted by Gasteiger charge is 2.15. The fourth-order valence-corrected chi connectivity index (χ4v) is 2.47. The van der Waals surface area contributed by atoms with E-state index in [2.05, 4.69) is 10.3 Å². The maximum atomic E-state index is 12.2. The predicted molar refractivity (Wildman–Crippen MR) is 79.1 cm³/mol. The monoisotopic (exact) mass is 292 g/mol. The largest absolute Gasteiger partial charge is 0.497 e. The van der Waals surface area contributed by atoms with Gasteiger partial charge < -0.3 is 14.8 Å². The molecule has 0 fully saturated rings. The van der Waals surface area contributed by atoms with Crippen molar-refractivity contribution in [3.8, 4) is 11.5 Å². The minimum atomic E-state index is -0.252. The van der Waals surface area contributed by atoms with Crippen LogP contribution in [0.25, 0.3) is 0 Å². The third-order valence-electron chi connectivity index (χ3n) is 2.88. The molecule has 1 aromatic heterocycles.